The Balaban J connectivity index is 1.46. The largest absolute Gasteiger partial charge is 0.468 e. The van der Waals surface area contributed by atoms with Crippen LogP contribution < -0.4 is 15.2 Å². The maximum Gasteiger partial charge on any atom is 0.245 e. The maximum atomic E-state index is 12.0. The molecular formula is C18H20N2O3. The monoisotopic (exact) mass is 312 g/mol. The van der Waals surface area contributed by atoms with Gasteiger partial charge in [-0.25, -0.2) is 0 Å². The lowest BCUT2D eigenvalue weighted by Crippen LogP contribution is -2.32. The number of para-hydroxylation sites is 1. The van der Waals surface area contributed by atoms with Crippen LogP contribution in [0, 0.1) is 12.8 Å². The van der Waals surface area contributed by atoms with Gasteiger partial charge in [-0.3, -0.25) is 15.2 Å². The van der Waals surface area contributed by atoms with Crippen molar-refractivity contribution in [1.29, 1.82) is 0 Å². The Morgan fingerprint density at radius 2 is 1.87 bits per heavy atom. The number of anilines is 1. The van der Waals surface area contributed by atoms with Crippen molar-refractivity contribution in [1.82, 2.24) is 5.43 Å². The number of carbonyl (C=O) groups excluding carboxylic acids is 1. The second kappa shape index (κ2) is 7.15. The quantitative estimate of drug-likeness (QED) is 0.658. The summed E-state index contributed by atoms with van der Waals surface area (Å²) in [5.41, 5.74) is 5.04. The van der Waals surface area contributed by atoms with E-state index in [9.17, 15) is 4.79 Å². The van der Waals surface area contributed by atoms with Gasteiger partial charge in [0, 0.05) is 0 Å². The normalized spacial score (nSPS) is 17.2. The van der Waals surface area contributed by atoms with E-state index in [0.29, 0.717) is 13.2 Å². The summed E-state index contributed by atoms with van der Waals surface area (Å²) >= 11 is 0. The molecule has 0 aliphatic carbocycles. The molecule has 1 N–H and O–H groups in total. The molecule has 0 aromatic heterocycles. The number of aryl methyl sites for hydroxylation is 1. The Labute approximate surface area is 135 Å². The predicted octanol–water partition coefficient (Wildman–Crippen LogP) is 2.52. The molecule has 1 aliphatic rings. The SMILES string of the molecule is Cc1ccc(N2CC(COCOc3ccccc3)C(=O)N2)cc1. The lowest BCUT2D eigenvalue weighted by atomic mass is 10.1. The van der Waals surface area contributed by atoms with Crippen LogP contribution in [0.3, 0.4) is 0 Å². The Morgan fingerprint density at radius 3 is 2.61 bits per heavy atom. The highest BCUT2D eigenvalue weighted by Crippen LogP contribution is 2.19. The fourth-order valence-electron chi connectivity index (χ4n) is 2.41. The molecule has 1 heterocycles. The number of ether oxygens (including phenoxy) is 2. The molecule has 120 valence electrons. The summed E-state index contributed by atoms with van der Waals surface area (Å²) in [5.74, 6) is 0.533. The smallest absolute Gasteiger partial charge is 0.245 e. The van der Waals surface area contributed by atoms with Crippen molar-refractivity contribution in [3.63, 3.8) is 0 Å². The van der Waals surface area contributed by atoms with E-state index in [1.807, 2.05) is 66.5 Å². The average Bonchev–Trinajstić information content (AvgIpc) is 2.94. The number of hydrogen-bond acceptors (Lipinski definition) is 4. The summed E-state index contributed by atoms with van der Waals surface area (Å²) in [7, 11) is 0. The molecule has 1 unspecified atom stereocenters. The molecule has 23 heavy (non-hydrogen) atoms. The van der Waals surface area contributed by atoms with Gasteiger partial charge < -0.3 is 9.47 Å². The minimum atomic E-state index is -0.198. The van der Waals surface area contributed by atoms with Crippen LogP contribution in [-0.2, 0) is 9.53 Å². The lowest BCUT2D eigenvalue weighted by Gasteiger charge is -2.17. The van der Waals surface area contributed by atoms with E-state index in [0.717, 1.165) is 11.4 Å². The first-order valence-corrected chi connectivity index (χ1v) is 7.62. The summed E-state index contributed by atoms with van der Waals surface area (Å²) in [6, 6.07) is 17.5. The van der Waals surface area contributed by atoms with E-state index >= 15 is 0 Å². The van der Waals surface area contributed by atoms with Crippen LogP contribution in [0.15, 0.2) is 54.6 Å². The van der Waals surface area contributed by atoms with Crippen molar-refractivity contribution >= 4 is 11.6 Å². The van der Waals surface area contributed by atoms with E-state index in [-0.39, 0.29) is 18.6 Å². The Morgan fingerprint density at radius 1 is 1.13 bits per heavy atom. The lowest BCUT2D eigenvalue weighted by molar-refractivity contribution is -0.124. The third-order valence-electron chi connectivity index (χ3n) is 3.74. The highest BCUT2D eigenvalue weighted by atomic mass is 16.7. The van der Waals surface area contributed by atoms with Crippen LogP contribution in [0.25, 0.3) is 0 Å². The number of nitrogens with one attached hydrogen (secondary N) is 1. The highest BCUT2D eigenvalue weighted by Gasteiger charge is 2.30. The summed E-state index contributed by atoms with van der Waals surface area (Å²) in [6.07, 6.45) is 0. The number of hydrogen-bond donors (Lipinski definition) is 1. The number of carbonyl (C=O) groups is 1. The Bertz CT molecular complexity index is 643. The van der Waals surface area contributed by atoms with Crippen LogP contribution in [0.1, 0.15) is 5.56 Å². The fourth-order valence-corrected chi connectivity index (χ4v) is 2.41. The molecule has 0 radical (unpaired) electrons. The molecule has 1 amide bonds. The fraction of sp³-hybridized carbons (Fsp3) is 0.278. The molecule has 0 bridgehead atoms. The average molecular weight is 312 g/mol. The molecule has 5 heteroatoms. The first-order chi connectivity index (χ1) is 11.2. The van der Waals surface area contributed by atoms with Gasteiger partial charge in [0.2, 0.25) is 5.91 Å². The van der Waals surface area contributed by atoms with Gasteiger partial charge in [-0.1, -0.05) is 35.9 Å². The van der Waals surface area contributed by atoms with E-state index in [2.05, 4.69) is 5.43 Å². The molecule has 1 saturated heterocycles. The van der Waals surface area contributed by atoms with Gasteiger partial charge in [0.1, 0.15) is 5.75 Å². The minimum Gasteiger partial charge on any atom is -0.468 e. The first-order valence-electron chi connectivity index (χ1n) is 7.62. The molecule has 2 aromatic carbocycles. The summed E-state index contributed by atoms with van der Waals surface area (Å²) in [4.78, 5) is 12.0. The third kappa shape index (κ3) is 4.02. The van der Waals surface area contributed by atoms with Crippen LogP contribution in [-0.4, -0.2) is 25.9 Å². The van der Waals surface area contributed by atoms with Gasteiger partial charge >= 0.3 is 0 Å². The standard InChI is InChI=1S/C18H20N2O3/c1-14-7-9-16(10-8-14)20-11-15(18(21)19-20)12-22-13-23-17-5-3-2-4-6-17/h2-10,15H,11-13H2,1H3,(H,19,21). The van der Waals surface area contributed by atoms with Crippen LogP contribution in [0.4, 0.5) is 5.69 Å². The van der Waals surface area contributed by atoms with Crippen molar-refractivity contribution in [3.05, 3.63) is 60.2 Å². The van der Waals surface area contributed by atoms with E-state index < -0.39 is 0 Å². The zero-order chi connectivity index (χ0) is 16.1. The van der Waals surface area contributed by atoms with Crippen molar-refractivity contribution in [2.75, 3.05) is 25.0 Å². The third-order valence-corrected chi connectivity index (χ3v) is 3.74. The highest BCUT2D eigenvalue weighted by molar-refractivity contribution is 5.84. The van der Waals surface area contributed by atoms with Gasteiger partial charge in [0.15, 0.2) is 6.79 Å². The molecular weight excluding hydrogens is 292 g/mol. The van der Waals surface area contributed by atoms with Crippen molar-refractivity contribution in [3.8, 4) is 5.75 Å². The second-order valence-electron chi connectivity index (χ2n) is 5.57. The van der Waals surface area contributed by atoms with E-state index in [4.69, 9.17) is 9.47 Å². The Kier molecular flexibility index (Phi) is 4.78. The first kappa shape index (κ1) is 15.4. The van der Waals surface area contributed by atoms with Gasteiger partial charge in [-0.2, -0.15) is 0 Å². The summed E-state index contributed by atoms with van der Waals surface area (Å²) in [6.45, 7) is 3.10. The van der Waals surface area contributed by atoms with Crippen molar-refractivity contribution < 1.29 is 14.3 Å². The topological polar surface area (TPSA) is 50.8 Å². The van der Waals surface area contributed by atoms with Crippen molar-refractivity contribution in [2.45, 2.75) is 6.92 Å². The molecule has 0 spiro atoms. The zero-order valence-electron chi connectivity index (χ0n) is 13.1. The number of amides is 1. The number of rotatable bonds is 6. The molecule has 2 aromatic rings. The van der Waals surface area contributed by atoms with E-state index in [1.165, 1.54) is 5.56 Å². The summed E-state index contributed by atoms with van der Waals surface area (Å²) in [5, 5.41) is 1.86. The predicted molar refractivity (Wildman–Crippen MR) is 88.0 cm³/mol. The zero-order valence-corrected chi connectivity index (χ0v) is 13.1. The molecule has 0 saturated carbocycles. The molecule has 3 rings (SSSR count). The van der Waals surface area contributed by atoms with Gasteiger partial charge in [-0.05, 0) is 31.2 Å². The molecule has 5 nitrogen and oxygen atoms in total. The number of nitrogens with zero attached hydrogens (tertiary/aromatic N) is 1. The molecule has 1 fully saturated rings. The van der Waals surface area contributed by atoms with Crippen LogP contribution >= 0.6 is 0 Å². The van der Waals surface area contributed by atoms with Crippen LogP contribution in [0.2, 0.25) is 0 Å². The van der Waals surface area contributed by atoms with Crippen LogP contribution in [0.5, 0.6) is 5.75 Å². The molecule has 1 aliphatic heterocycles. The van der Waals surface area contributed by atoms with E-state index in [1.54, 1.807) is 0 Å². The molecule has 1 atom stereocenters. The number of benzene rings is 2. The van der Waals surface area contributed by atoms with Gasteiger partial charge in [-0.15, -0.1) is 0 Å². The van der Waals surface area contributed by atoms with Gasteiger partial charge in [0.25, 0.3) is 0 Å². The van der Waals surface area contributed by atoms with Gasteiger partial charge in [0.05, 0.1) is 24.8 Å². The Hall–Kier alpha value is -2.53. The number of hydrazine groups is 1. The second-order valence-corrected chi connectivity index (χ2v) is 5.57. The van der Waals surface area contributed by atoms with Crippen molar-refractivity contribution in [2.24, 2.45) is 5.92 Å². The maximum absolute atomic E-state index is 12.0. The minimum absolute atomic E-state index is 0.0229. The summed E-state index contributed by atoms with van der Waals surface area (Å²) < 4.78 is 10.9.